The summed E-state index contributed by atoms with van der Waals surface area (Å²) < 4.78 is 0. The highest BCUT2D eigenvalue weighted by atomic mass is 16.4. The monoisotopic (exact) mass is 474 g/mol. The number of aliphatic imine (C=N–C) groups is 1. The van der Waals surface area contributed by atoms with Crippen molar-refractivity contribution in [2.24, 2.45) is 27.9 Å². The van der Waals surface area contributed by atoms with Crippen molar-refractivity contribution >= 4 is 35.6 Å². The molecule has 0 aromatic rings. The molecule has 0 heterocycles. The van der Waals surface area contributed by atoms with Crippen molar-refractivity contribution in [2.45, 2.75) is 69.8 Å². The smallest absolute Gasteiger partial charge is 0.325 e. The molecule has 0 aromatic carbocycles. The molecule has 13 N–H and O–H groups in total. The van der Waals surface area contributed by atoms with Gasteiger partial charge in [-0.1, -0.05) is 0 Å². The van der Waals surface area contributed by atoms with Crippen LogP contribution in [0.15, 0.2) is 4.99 Å². The number of aliphatic carboxylic acids is 1. The zero-order valence-corrected chi connectivity index (χ0v) is 18.6. The van der Waals surface area contributed by atoms with Crippen LogP contribution in [0.3, 0.4) is 0 Å². The second-order valence-electron chi connectivity index (χ2n) is 7.42. The van der Waals surface area contributed by atoms with Crippen molar-refractivity contribution in [3.05, 3.63) is 0 Å². The SMILES string of the molecule is CC(NC(=O)C(NC(=O)C(CCCN=C(N)N)NC(=O)C(N)CCC(N)=O)C(C)O)C(=O)O. The molecule has 0 aliphatic heterocycles. The van der Waals surface area contributed by atoms with Crippen LogP contribution >= 0.6 is 0 Å². The lowest BCUT2D eigenvalue weighted by Gasteiger charge is -2.26. The fourth-order valence-corrected chi connectivity index (χ4v) is 2.50. The van der Waals surface area contributed by atoms with Gasteiger partial charge in [-0.25, -0.2) is 0 Å². The number of carboxylic acids is 1. The van der Waals surface area contributed by atoms with E-state index in [0.717, 1.165) is 0 Å². The largest absolute Gasteiger partial charge is 0.480 e. The summed E-state index contributed by atoms with van der Waals surface area (Å²) in [6.45, 7) is 2.58. The molecule has 15 nitrogen and oxygen atoms in total. The van der Waals surface area contributed by atoms with E-state index in [0.29, 0.717) is 0 Å². The average Bonchev–Trinajstić information content (AvgIpc) is 2.71. The maximum absolute atomic E-state index is 12.8. The number of rotatable bonds is 15. The molecule has 0 spiro atoms. The van der Waals surface area contributed by atoms with Crippen LogP contribution in [0, 0.1) is 0 Å². The third-order valence-electron chi connectivity index (χ3n) is 4.41. The van der Waals surface area contributed by atoms with E-state index in [9.17, 15) is 29.1 Å². The van der Waals surface area contributed by atoms with Gasteiger partial charge >= 0.3 is 5.97 Å². The predicted octanol–water partition coefficient (Wildman–Crippen LogP) is -4.43. The normalized spacial score (nSPS) is 15.2. The van der Waals surface area contributed by atoms with E-state index < -0.39 is 59.9 Å². The molecule has 0 saturated carbocycles. The quantitative estimate of drug-likeness (QED) is 0.0623. The van der Waals surface area contributed by atoms with Crippen molar-refractivity contribution in [1.82, 2.24) is 16.0 Å². The molecule has 5 atom stereocenters. The Kier molecular flexibility index (Phi) is 13.0. The highest BCUT2D eigenvalue weighted by Crippen LogP contribution is 2.04. The average molecular weight is 475 g/mol. The van der Waals surface area contributed by atoms with Gasteiger partial charge in [0, 0.05) is 13.0 Å². The standard InChI is InChI=1S/C18H34N8O7/c1-8(17(32)33)24-16(31)13(9(2)27)26-15(30)11(4-3-7-23-18(21)22)25-14(29)10(19)5-6-12(20)28/h8-11,13,27H,3-7,19H2,1-2H3,(H2,20,28)(H,24,31)(H,25,29)(H,26,30)(H,32,33)(H4,21,22,23). The summed E-state index contributed by atoms with van der Waals surface area (Å²) in [7, 11) is 0. The third-order valence-corrected chi connectivity index (χ3v) is 4.41. The summed E-state index contributed by atoms with van der Waals surface area (Å²) >= 11 is 0. The minimum atomic E-state index is -1.50. The molecule has 15 heteroatoms. The van der Waals surface area contributed by atoms with Gasteiger partial charge in [0.2, 0.25) is 23.6 Å². The number of aliphatic hydroxyl groups excluding tert-OH is 1. The lowest BCUT2D eigenvalue weighted by molar-refractivity contribution is -0.142. The van der Waals surface area contributed by atoms with Gasteiger partial charge in [-0.2, -0.15) is 0 Å². The molecule has 33 heavy (non-hydrogen) atoms. The molecular weight excluding hydrogens is 440 g/mol. The van der Waals surface area contributed by atoms with Gasteiger partial charge in [0.25, 0.3) is 0 Å². The Balaban J connectivity index is 5.38. The maximum atomic E-state index is 12.8. The van der Waals surface area contributed by atoms with Crippen molar-refractivity contribution in [1.29, 1.82) is 0 Å². The van der Waals surface area contributed by atoms with Gasteiger partial charge in [0.1, 0.15) is 18.1 Å². The topological polar surface area (TPSA) is 278 Å². The van der Waals surface area contributed by atoms with Crippen LogP contribution in [0.5, 0.6) is 0 Å². The number of carbonyl (C=O) groups excluding carboxylic acids is 4. The van der Waals surface area contributed by atoms with Gasteiger partial charge in [0.15, 0.2) is 5.96 Å². The summed E-state index contributed by atoms with van der Waals surface area (Å²) in [5, 5.41) is 25.7. The first-order chi connectivity index (χ1) is 15.3. The van der Waals surface area contributed by atoms with Crippen LogP contribution in [0.25, 0.3) is 0 Å². The number of aliphatic hydroxyl groups is 1. The van der Waals surface area contributed by atoms with E-state index in [-0.39, 0.29) is 38.2 Å². The molecule has 0 saturated heterocycles. The van der Waals surface area contributed by atoms with E-state index in [1.165, 1.54) is 13.8 Å². The molecule has 0 aromatic heterocycles. The lowest BCUT2D eigenvalue weighted by atomic mass is 10.1. The number of hydrogen-bond acceptors (Lipinski definition) is 8. The van der Waals surface area contributed by atoms with E-state index in [2.05, 4.69) is 20.9 Å². The Hall–Kier alpha value is -3.46. The number of nitrogens with zero attached hydrogens (tertiary/aromatic N) is 1. The molecule has 5 unspecified atom stereocenters. The molecule has 0 bridgehead atoms. The number of carboxylic acid groups (broad SMARTS) is 1. The Bertz CT molecular complexity index is 739. The van der Waals surface area contributed by atoms with E-state index >= 15 is 0 Å². The van der Waals surface area contributed by atoms with Crippen molar-refractivity contribution in [3.8, 4) is 0 Å². The summed E-state index contributed by atoms with van der Waals surface area (Å²) in [4.78, 5) is 63.1. The minimum Gasteiger partial charge on any atom is -0.480 e. The van der Waals surface area contributed by atoms with E-state index in [4.69, 9.17) is 28.0 Å². The van der Waals surface area contributed by atoms with Crippen LogP contribution in [0.1, 0.15) is 39.5 Å². The van der Waals surface area contributed by atoms with Gasteiger partial charge < -0.3 is 49.1 Å². The van der Waals surface area contributed by atoms with Crippen molar-refractivity contribution < 1.29 is 34.2 Å². The van der Waals surface area contributed by atoms with Gasteiger partial charge in [-0.3, -0.25) is 29.0 Å². The number of amides is 4. The number of primary amides is 1. The lowest BCUT2D eigenvalue weighted by Crippen LogP contribution is -2.59. The highest BCUT2D eigenvalue weighted by Gasteiger charge is 2.31. The molecule has 0 aliphatic carbocycles. The summed E-state index contributed by atoms with van der Waals surface area (Å²) in [5.74, 6) is -4.63. The molecular formula is C18H34N8O7. The first-order valence-corrected chi connectivity index (χ1v) is 10.2. The van der Waals surface area contributed by atoms with Crippen molar-refractivity contribution in [3.63, 3.8) is 0 Å². The van der Waals surface area contributed by atoms with Crippen LogP contribution in [-0.2, 0) is 24.0 Å². The summed E-state index contributed by atoms with van der Waals surface area (Å²) in [5.41, 5.74) is 21.3. The number of hydrogen-bond donors (Lipinski definition) is 9. The highest BCUT2D eigenvalue weighted by molar-refractivity contribution is 5.94. The van der Waals surface area contributed by atoms with Gasteiger partial charge in [0.05, 0.1) is 12.1 Å². The van der Waals surface area contributed by atoms with Gasteiger partial charge in [-0.15, -0.1) is 0 Å². The first kappa shape index (κ1) is 29.5. The zero-order valence-electron chi connectivity index (χ0n) is 18.6. The second-order valence-corrected chi connectivity index (χ2v) is 7.42. The Labute approximate surface area is 190 Å². The van der Waals surface area contributed by atoms with E-state index in [1.807, 2.05) is 0 Å². The van der Waals surface area contributed by atoms with Gasteiger partial charge in [-0.05, 0) is 33.1 Å². The second kappa shape index (κ2) is 14.6. The molecule has 0 rings (SSSR count). The fraction of sp³-hybridized carbons (Fsp3) is 0.667. The van der Waals surface area contributed by atoms with Crippen LogP contribution < -0.4 is 38.9 Å². The first-order valence-electron chi connectivity index (χ1n) is 10.2. The van der Waals surface area contributed by atoms with Crippen LogP contribution in [0.2, 0.25) is 0 Å². The number of nitrogens with two attached hydrogens (primary N) is 4. The molecule has 4 amide bonds. The Morgan fingerprint density at radius 2 is 1.52 bits per heavy atom. The zero-order chi connectivity index (χ0) is 25.7. The molecule has 188 valence electrons. The predicted molar refractivity (Wildman–Crippen MR) is 117 cm³/mol. The number of nitrogens with one attached hydrogen (secondary N) is 3. The maximum Gasteiger partial charge on any atom is 0.325 e. The molecule has 0 fully saturated rings. The third kappa shape index (κ3) is 12.2. The Morgan fingerprint density at radius 3 is 2.00 bits per heavy atom. The van der Waals surface area contributed by atoms with E-state index in [1.54, 1.807) is 0 Å². The number of carbonyl (C=O) groups is 5. The number of guanidine groups is 1. The minimum absolute atomic E-state index is 0.0383. The molecule has 0 radical (unpaired) electrons. The summed E-state index contributed by atoms with van der Waals surface area (Å²) in [6.07, 6.45) is -1.27. The van der Waals surface area contributed by atoms with Crippen LogP contribution in [0.4, 0.5) is 0 Å². The van der Waals surface area contributed by atoms with Crippen molar-refractivity contribution in [2.75, 3.05) is 6.54 Å². The summed E-state index contributed by atoms with van der Waals surface area (Å²) in [6, 6.07) is -5.09. The van der Waals surface area contributed by atoms with Crippen LogP contribution in [-0.4, -0.2) is 82.6 Å². The molecule has 0 aliphatic rings. The Morgan fingerprint density at radius 1 is 0.909 bits per heavy atom. The fourth-order valence-electron chi connectivity index (χ4n) is 2.50.